The second kappa shape index (κ2) is 5.71. The van der Waals surface area contributed by atoms with E-state index in [0.717, 1.165) is 0 Å². The van der Waals surface area contributed by atoms with Crippen molar-refractivity contribution in [1.29, 1.82) is 0 Å². The Hall–Kier alpha value is -1.08. The molecule has 0 saturated heterocycles. The number of nitrogens with one attached hydrogen (secondary N) is 2. The molecule has 0 unspecified atom stereocenters. The second-order valence-electron chi connectivity index (χ2n) is 5.15. The van der Waals surface area contributed by atoms with E-state index in [4.69, 9.17) is 5.73 Å². The van der Waals surface area contributed by atoms with Crippen LogP contribution < -0.4 is 10.5 Å². The average Bonchev–Trinajstić information content (AvgIpc) is 2.63. The third-order valence-electron chi connectivity index (χ3n) is 3.14. The van der Waals surface area contributed by atoms with E-state index in [0.29, 0.717) is 18.4 Å². The Morgan fingerprint density at radius 3 is 2.28 bits per heavy atom. The fraction of sp³-hybridized carbons (Fsp3) is 0.727. The molecule has 0 spiro atoms. The van der Waals surface area contributed by atoms with Gasteiger partial charge in [-0.25, -0.2) is 13.1 Å². The summed E-state index contributed by atoms with van der Waals surface area (Å²) in [6.07, 6.45) is 1.22. The van der Waals surface area contributed by atoms with Crippen molar-refractivity contribution in [3.05, 3.63) is 6.20 Å². The first kappa shape index (κ1) is 15.0. The number of sulfonamides is 1. The van der Waals surface area contributed by atoms with Crippen molar-refractivity contribution in [2.75, 3.05) is 12.3 Å². The highest BCUT2D eigenvalue weighted by Crippen LogP contribution is 2.21. The molecule has 1 aromatic heterocycles. The van der Waals surface area contributed by atoms with Gasteiger partial charge in [-0.1, -0.05) is 27.7 Å². The molecule has 104 valence electrons. The summed E-state index contributed by atoms with van der Waals surface area (Å²) in [7, 11) is -3.58. The molecule has 0 fully saturated rings. The molecule has 18 heavy (non-hydrogen) atoms. The molecule has 0 bridgehead atoms. The Morgan fingerprint density at radius 1 is 1.33 bits per heavy atom. The summed E-state index contributed by atoms with van der Waals surface area (Å²) in [5.74, 6) is 1.17. The minimum atomic E-state index is -3.58. The van der Waals surface area contributed by atoms with Crippen LogP contribution in [0.4, 0.5) is 5.82 Å². The van der Waals surface area contributed by atoms with E-state index in [2.05, 4.69) is 42.6 Å². The van der Waals surface area contributed by atoms with Crippen molar-refractivity contribution in [1.82, 2.24) is 14.9 Å². The lowest BCUT2D eigenvalue weighted by Crippen LogP contribution is -2.34. The molecule has 0 aromatic carbocycles. The van der Waals surface area contributed by atoms with Gasteiger partial charge in [0.15, 0.2) is 0 Å². The van der Waals surface area contributed by atoms with E-state index in [1.54, 1.807) is 0 Å². The lowest BCUT2D eigenvalue weighted by Gasteiger charge is -2.24. The van der Waals surface area contributed by atoms with Gasteiger partial charge in [0.25, 0.3) is 0 Å². The van der Waals surface area contributed by atoms with Crippen molar-refractivity contribution in [3.8, 4) is 0 Å². The highest BCUT2D eigenvalue weighted by atomic mass is 32.2. The second-order valence-corrected chi connectivity index (χ2v) is 6.89. The van der Waals surface area contributed by atoms with Gasteiger partial charge in [-0.2, -0.15) is 5.10 Å². The number of nitrogens with two attached hydrogens (primary N) is 1. The molecule has 7 heteroatoms. The number of hydrogen-bond acceptors (Lipinski definition) is 4. The fourth-order valence-corrected chi connectivity index (χ4v) is 3.12. The van der Waals surface area contributed by atoms with E-state index in [1.165, 1.54) is 6.20 Å². The minimum absolute atomic E-state index is 0.00811. The lowest BCUT2D eigenvalue weighted by atomic mass is 9.86. The van der Waals surface area contributed by atoms with Crippen LogP contribution in [0.3, 0.4) is 0 Å². The number of aromatic amines is 1. The maximum absolute atomic E-state index is 12.0. The standard InChI is InChI=1S/C11H22N4O2S/c1-7(2)9(8(3)4)5-14-18(16,17)10-6-13-15-11(10)12/h6-9,14H,5H2,1-4H3,(H3,12,13,15). The molecule has 1 heterocycles. The summed E-state index contributed by atoms with van der Waals surface area (Å²) in [5.41, 5.74) is 5.52. The first-order valence-electron chi connectivity index (χ1n) is 6.04. The quantitative estimate of drug-likeness (QED) is 0.725. The Labute approximate surface area is 108 Å². The third-order valence-corrected chi connectivity index (χ3v) is 4.59. The van der Waals surface area contributed by atoms with E-state index >= 15 is 0 Å². The molecule has 1 rings (SSSR count). The number of hydrogen-bond donors (Lipinski definition) is 3. The predicted octanol–water partition coefficient (Wildman–Crippen LogP) is 1.20. The third kappa shape index (κ3) is 3.46. The summed E-state index contributed by atoms with van der Waals surface area (Å²) in [6.45, 7) is 8.76. The zero-order chi connectivity index (χ0) is 13.9. The molecule has 0 aliphatic rings. The molecule has 6 nitrogen and oxygen atoms in total. The highest BCUT2D eigenvalue weighted by Gasteiger charge is 2.23. The van der Waals surface area contributed by atoms with Crippen LogP contribution in [0, 0.1) is 17.8 Å². The van der Waals surface area contributed by atoms with Crippen molar-refractivity contribution in [2.24, 2.45) is 17.8 Å². The van der Waals surface area contributed by atoms with Gasteiger partial charge in [0, 0.05) is 6.54 Å². The Bertz CT molecular complexity index is 471. The molecule has 0 atom stereocenters. The smallest absolute Gasteiger partial charge is 0.245 e. The molecular formula is C11H22N4O2S. The lowest BCUT2D eigenvalue weighted by molar-refractivity contribution is 0.289. The topological polar surface area (TPSA) is 101 Å². The van der Waals surface area contributed by atoms with Gasteiger partial charge in [-0.3, -0.25) is 5.10 Å². The molecule has 0 aliphatic heterocycles. The molecule has 4 N–H and O–H groups in total. The minimum Gasteiger partial charge on any atom is -0.383 e. The van der Waals surface area contributed by atoms with Crippen LogP contribution in [0.25, 0.3) is 0 Å². The van der Waals surface area contributed by atoms with Gasteiger partial charge in [-0.05, 0) is 17.8 Å². The number of aromatic nitrogens is 2. The van der Waals surface area contributed by atoms with Crippen LogP contribution in [0.5, 0.6) is 0 Å². The molecule has 1 aromatic rings. The van der Waals surface area contributed by atoms with Crippen molar-refractivity contribution < 1.29 is 8.42 Å². The number of H-pyrrole nitrogens is 1. The van der Waals surface area contributed by atoms with Crippen LogP contribution in [0.1, 0.15) is 27.7 Å². The predicted molar refractivity (Wildman–Crippen MR) is 71.4 cm³/mol. The maximum Gasteiger partial charge on any atom is 0.245 e. The van der Waals surface area contributed by atoms with E-state index in [1.807, 2.05) is 0 Å². The zero-order valence-electron chi connectivity index (χ0n) is 11.3. The molecule has 0 amide bonds. The SMILES string of the molecule is CC(C)C(CNS(=O)(=O)c1cn[nH]c1N)C(C)C. The molecule has 0 radical (unpaired) electrons. The summed E-state index contributed by atoms with van der Waals surface area (Å²) in [5, 5.41) is 6.03. The van der Waals surface area contributed by atoms with Gasteiger partial charge in [0.1, 0.15) is 10.7 Å². The zero-order valence-corrected chi connectivity index (χ0v) is 12.1. The van der Waals surface area contributed by atoms with Gasteiger partial charge >= 0.3 is 0 Å². The van der Waals surface area contributed by atoms with Crippen LogP contribution in [0.15, 0.2) is 11.1 Å². The summed E-state index contributed by atoms with van der Waals surface area (Å²) < 4.78 is 26.6. The Morgan fingerprint density at radius 2 is 1.89 bits per heavy atom. The van der Waals surface area contributed by atoms with Gasteiger partial charge in [-0.15, -0.1) is 0 Å². The van der Waals surface area contributed by atoms with Crippen molar-refractivity contribution in [2.45, 2.75) is 32.6 Å². The highest BCUT2D eigenvalue weighted by molar-refractivity contribution is 7.89. The van der Waals surface area contributed by atoms with E-state index < -0.39 is 10.0 Å². The van der Waals surface area contributed by atoms with Crippen molar-refractivity contribution >= 4 is 15.8 Å². The number of nitrogens with zero attached hydrogens (tertiary/aromatic N) is 1. The molecular weight excluding hydrogens is 252 g/mol. The molecule has 0 saturated carbocycles. The number of rotatable bonds is 6. The van der Waals surface area contributed by atoms with Gasteiger partial charge in [0.05, 0.1) is 6.20 Å². The number of nitrogen functional groups attached to an aromatic ring is 1. The van der Waals surface area contributed by atoms with Crippen LogP contribution in [-0.4, -0.2) is 25.2 Å². The van der Waals surface area contributed by atoms with Gasteiger partial charge < -0.3 is 5.73 Å². The van der Waals surface area contributed by atoms with Crippen LogP contribution in [-0.2, 0) is 10.0 Å². The molecule has 0 aliphatic carbocycles. The first-order valence-corrected chi connectivity index (χ1v) is 7.52. The largest absolute Gasteiger partial charge is 0.383 e. The fourth-order valence-electron chi connectivity index (χ4n) is 2.02. The summed E-state index contributed by atoms with van der Waals surface area (Å²) >= 11 is 0. The average molecular weight is 274 g/mol. The van der Waals surface area contributed by atoms with E-state index in [-0.39, 0.29) is 16.6 Å². The number of anilines is 1. The summed E-state index contributed by atoms with van der Waals surface area (Å²) in [6, 6.07) is 0. The maximum atomic E-state index is 12.0. The monoisotopic (exact) mass is 274 g/mol. The Balaban J connectivity index is 2.76. The summed E-state index contributed by atoms with van der Waals surface area (Å²) in [4.78, 5) is 0.00811. The Kier molecular flexibility index (Phi) is 4.75. The normalized spacial score (nSPS) is 12.8. The first-order chi connectivity index (χ1) is 8.25. The van der Waals surface area contributed by atoms with E-state index in [9.17, 15) is 8.42 Å². The van der Waals surface area contributed by atoms with Crippen LogP contribution >= 0.6 is 0 Å². The van der Waals surface area contributed by atoms with Gasteiger partial charge in [0.2, 0.25) is 10.0 Å². The van der Waals surface area contributed by atoms with Crippen molar-refractivity contribution in [3.63, 3.8) is 0 Å². The van der Waals surface area contributed by atoms with Crippen LogP contribution in [0.2, 0.25) is 0 Å².